The van der Waals surface area contributed by atoms with Crippen LogP contribution in [0.15, 0.2) is 85.2 Å². The van der Waals surface area contributed by atoms with E-state index in [4.69, 9.17) is 10.2 Å². The number of aromatic nitrogens is 3. The first-order chi connectivity index (χ1) is 13.8. The SMILES string of the molecule is OCc1cccc(CO)n1.[Ir].[c-]1c(-c2ccccn2)cccc1-c1ccccn1. The Balaban J connectivity index is 0.000000234. The molecule has 29 heavy (non-hydrogen) atoms. The molecule has 3 heterocycles. The van der Waals surface area contributed by atoms with E-state index in [2.05, 4.69) is 21.0 Å². The first kappa shape index (κ1) is 22.5. The van der Waals surface area contributed by atoms with Crippen LogP contribution in [0.5, 0.6) is 0 Å². The average Bonchev–Trinajstić information content (AvgIpc) is 2.81. The van der Waals surface area contributed by atoms with Gasteiger partial charge in [0.15, 0.2) is 0 Å². The van der Waals surface area contributed by atoms with Gasteiger partial charge in [-0.1, -0.05) is 41.5 Å². The summed E-state index contributed by atoms with van der Waals surface area (Å²) < 4.78 is 0. The molecule has 4 aromatic rings. The zero-order chi connectivity index (χ0) is 19.6. The maximum absolute atomic E-state index is 8.61. The summed E-state index contributed by atoms with van der Waals surface area (Å²) >= 11 is 0. The third-order valence-electron chi connectivity index (χ3n) is 3.87. The van der Waals surface area contributed by atoms with E-state index >= 15 is 0 Å². The third kappa shape index (κ3) is 6.66. The van der Waals surface area contributed by atoms with Crippen molar-refractivity contribution in [1.29, 1.82) is 0 Å². The first-order valence-corrected chi connectivity index (χ1v) is 8.82. The predicted octanol–water partition coefficient (Wildman–Crippen LogP) is 3.67. The van der Waals surface area contributed by atoms with Crippen LogP contribution in [0.2, 0.25) is 0 Å². The number of aliphatic hydroxyl groups is 2. The van der Waals surface area contributed by atoms with Crippen LogP contribution in [0, 0.1) is 6.07 Å². The van der Waals surface area contributed by atoms with Crippen molar-refractivity contribution < 1.29 is 30.3 Å². The zero-order valence-electron chi connectivity index (χ0n) is 15.6. The number of rotatable bonds is 4. The second-order valence-corrected chi connectivity index (χ2v) is 5.84. The van der Waals surface area contributed by atoms with Crippen LogP contribution in [0.25, 0.3) is 22.5 Å². The van der Waals surface area contributed by atoms with Gasteiger partial charge in [0.1, 0.15) is 0 Å². The van der Waals surface area contributed by atoms with Gasteiger partial charge in [-0.3, -0.25) is 15.0 Å². The van der Waals surface area contributed by atoms with Crippen LogP contribution in [0.4, 0.5) is 0 Å². The van der Waals surface area contributed by atoms with E-state index in [0.717, 1.165) is 22.5 Å². The molecule has 1 aromatic carbocycles. The summed E-state index contributed by atoms with van der Waals surface area (Å²) in [4.78, 5) is 12.6. The van der Waals surface area contributed by atoms with Crippen LogP contribution < -0.4 is 0 Å². The van der Waals surface area contributed by atoms with Crippen molar-refractivity contribution in [2.45, 2.75) is 13.2 Å². The summed E-state index contributed by atoms with van der Waals surface area (Å²) in [5.41, 5.74) is 5.00. The van der Waals surface area contributed by atoms with E-state index < -0.39 is 0 Å². The van der Waals surface area contributed by atoms with Crippen LogP contribution in [-0.2, 0) is 33.3 Å². The quantitative estimate of drug-likeness (QED) is 0.371. The number of benzene rings is 1. The minimum Gasteiger partial charge on any atom is -0.390 e. The largest absolute Gasteiger partial charge is 0.390 e. The van der Waals surface area contributed by atoms with E-state index in [9.17, 15) is 0 Å². The van der Waals surface area contributed by atoms with Gasteiger partial charge >= 0.3 is 0 Å². The van der Waals surface area contributed by atoms with Crippen molar-refractivity contribution in [3.05, 3.63) is 103 Å². The monoisotopic (exact) mass is 563 g/mol. The smallest absolute Gasteiger partial charge is 0.0853 e. The minimum absolute atomic E-state index is 0. The van der Waals surface area contributed by atoms with Gasteiger partial charge in [-0.05, 0) is 24.3 Å². The third-order valence-corrected chi connectivity index (χ3v) is 3.87. The van der Waals surface area contributed by atoms with E-state index in [-0.39, 0.29) is 33.3 Å². The zero-order valence-corrected chi connectivity index (χ0v) is 18.0. The molecule has 0 aliphatic heterocycles. The van der Waals surface area contributed by atoms with Crippen molar-refractivity contribution in [2.75, 3.05) is 0 Å². The fourth-order valence-electron chi connectivity index (χ4n) is 2.52. The van der Waals surface area contributed by atoms with E-state index in [0.29, 0.717) is 11.4 Å². The van der Waals surface area contributed by atoms with Crippen LogP contribution in [0.1, 0.15) is 11.4 Å². The molecule has 5 nitrogen and oxygen atoms in total. The number of pyridine rings is 3. The molecule has 0 unspecified atom stereocenters. The fraction of sp³-hybridized carbons (Fsp3) is 0.0870. The number of nitrogens with zero attached hydrogens (tertiary/aromatic N) is 3. The molecule has 0 atom stereocenters. The van der Waals surface area contributed by atoms with Crippen LogP contribution >= 0.6 is 0 Å². The number of hydrogen-bond donors (Lipinski definition) is 2. The number of hydrogen-bond acceptors (Lipinski definition) is 5. The molecule has 4 rings (SSSR count). The van der Waals surface area contributed by atoms with E-state index in [1.54, 1.807) is 30.6 Å². The predicted molar refractivity (Wildman–Crippen MR) is 108 cm³/mol. The Hall–Kier alpha value is -2.76. The molecule has 3 aromatic heterocycles. The molecule has 0 bridgehead atoms. The minimum atomic E-state index is -0.0756. The Bertz CT molecular complexity index is 925. The summed E-state index contributed by atoms with van der Waals surface area (Å²) in [7, 11) is 0. The standard InChI is InChI=1S/C16H11N2.C7H9NO2.Ir/c1-3-10-17-15(8-1)13-6-5-7-14(12-13)16-9-2-4-11-18-16;9-4-6-2-1-3-7(5-10)8-6;/h1-11H;1-3,9-10H,4-5H2;/q-1;;. The second kappa shape index (κ2) is 11.9. The van der Waals surface area contributed by atoms with Crippen molar-refractivity contribution in [3.8, 4) is 22.5 Å². The average molecular weight is 563 g/mol. The Morgan fingerprint density at radius 2 is 1.10 bits per heavy atom. The fourth-order valence-corrected chi connectivity index (χ4v) is 2.52. The van der Waals surface area contributed by atoms with Crippen molar-refractivity contribution in [1.82, 2.24) is 15.0 Å². The molecule has 149 valence electrons. The van der Waals surface area contributed by atoms with Gasteiger partial charge in [0.05, 0.1) is 24.6 Å². The molecule has 0 amide bonds. The van der Waals surface area contributed by atoms with Gasteiger partial charge in [0, 0.05) is 43.9 Å². The Morgan fingerprint density at radius 3 is 1.52 bits per heavy atom. The molecule has 0 aliphatic carbocycles. The molecule has 0 spiro atoms. The molecule has 0 saturated heterocycles. The molecule has 1 radical (unpaired) electrons. The summed E-state index contributed by atoms with van der Waals surface area (Å²) in [6.45, 7) is -0.151. The maximum atomic E-state index is 8.61. The molecule has 0 aliphatic rings. The van der Waals surface area contributed by atoms with E-state index in [1.807, 2.05) is 54.6 Å². The van der Waals surface area contributed by atoms with Crippen molar-refractivity contribution >= 4 is 0 Å². The van der Waals surface area contributed by atoms with Gasteiger partial charge in [0.2, 0.25) is 0 Å². The first-order valence-electron chi connectivity index (χ1n) is 8.82. The topological polar surface area (TPSA) is 79.1 Å². The van der Waals surface area contributed by atoms with Crippen molar-refractivity contribution in [2.24, 2.45) is 0 Å². The van der Waals surface area contributed by atoms with Gasteiger partial charge in [0.25, 0.3) is 0 Å². The summed E-state index contributed by atoms with van der Waals surface area (Å²) in [5.74, 6) is 0. The van der Waals surface area contributed by atoms with Crippen molar-refractivity contribution in [3.63, 3.8) is 0 Å². The molecule has 6 heteroatoms. The van der Waals surface area contributed by atoms with Crippen LogP contribution in [0.3, 0.4) is 0 Å². The van der Waals surface area contributed by atoms with E-state index in [1.165, 1.54) is 0 Å². The molecular formula is C23H20IrN3O2-. The van der Waals surface area contributed by atoms with Crippen LogP contribution in [-0.4, -0.2) is 25.2 Å². The van der Waals surface area contributed by atoms with Gasteiger partial charge in [-0.2, -0.15) is 0 Å². The maximum Gasteiger partial charge on any atom is 0.0853 e. The normalized spacial score (nSPS) is 9.72. The molecule has 0 saturated carbocycles. The Morgan fingerprint density at radius 1 is 0.621 bits per heavy atom. The number of aliphatic hydroxyl groups excluding tert-OH is 2. The summed E-state index contributed by atoms with van der Waals surface area (Å²) in [6, 6.07) is 26.3. The van der Waals surface area contributed by atoms with Gasteiger partial charge in [-0.25, -0.2) is 0 Å². The Labute approximate surface area is 183 Å². The Kier molecular flexibility index (Phi) is 9.28. The van der Waals surface area contributed by atoms with Gasteiger partial charge < -0.3 is 10.2 Å². The molecule has 2 N–H and O–H groups in total. The molecular weight excluding hydrogens is 542 g/mol. The summed E-state index contributed by atoms with van der Waals surface area (Å²) in [6.07, 6.45) is 3.58. The van der Waals surface area contributed by atoms with Gasteiger partial charge in [-0.15, -0.1) is 24.3 Å². The summed E-state index contributed by atoms with van der Waals surface area (Å²) in [5, 5.41) is 17.2. The second-order valence-electron chi connectivity index (χ2n) is 5.84. The molecule has 0 fully saturated rings.